The van der Waals surface area contributed by atoms with Crippen LogP contribution in [0.3, 0.4) is 0 Å². The normalized spacial score (nSPS) is 28.9. The Bertz CT molecular complexity index is 972. The van der Waals surface area contributed by atoms with Crippen molar-refractivity contribution in [1.82, 2.24) is 9.55 Å². The van der Waals surface area contributed by atoms with E-state index in [1.54, 1.807) is 35.8 Å². The highest BCUT2D eigenvalue weighted by molar-refractivity contribution is 5.92. The Morgan fingerprint density at radius 2 is 2.10 bits per heavy atom. The van der Waals surface area contributed by atoms with E-state index in [4.69, 9.17) is 15.2 Å². The molecule has 2 unspecified atom stereocenters. The fourth-order valence-corrected chi connectivity index (χ4v) is 5.15. The van der Waals surface area contributed by atoms with E-state index in [2.05, 4.69) is 4.98 Å². The molecule has 2 aliphatic carbocycles. The van der Waals surface area contributed by atoms with Crippen LogP contribution in [0.15, 0.2) is 24.3 Å². The quantitative estimate of drug-likeness (QED) is 0.832. The van der Waals surface area contributed by atoms with E-state index in [1.165, 1.54) is 0 Å². The molecule has 2 heterocycles. The molecule has 3 aliphatic rings. The van der Waals surface area contributed by atoms with Crippen molar-refractivity contribution in [2.75, 3.05) is 6.61 Å². The van der Waals surface area contributed by atoms with E-state index in [0.29, 0.717) is 42.4 Å². The number of primary amides is 1. The average molecular weight is 403 g/mol. The standard InChI is InChI=1S/C21H23F2N3O3/c1-12-17(18(24)27)25-19-26(12)10-15(29-19)11-28-14-7-5-13(6-8-14)20-9-3-2-4-16(20)21(20,22)23/h5-8,15-16H,2-4,9-11H2,1H3,(H2,24,27)/t15-,16?,20?/m0/s1. The van der Waals surface area contributed by atoms with Gasteiger partial charge in [0.2, 0.25) is 0 Å². The number of hydrogen-bond donors (Lipinski definition) is 1. The minimum absolute atomic E-state index is 0.215. The highest BCUT2D eigenvalue weighted by Gasteiger charge is 2.80. The van der Waals surface area contributed by atoms with Crippen LogP contribution in [0.5, 0.6) is 11.8 Å². The molecule has 0 saturated heterocycles. The van der Waals surface area contributed by atoms with Crippen molar-refractivity contribution >= 4 is 5.91 Å². The number of imidazole rings is 1. The Kier molecular flexibility index (Phi) is 3.92. The summed E-state index contributed by atoms with van der Waals surface area (Å²) in [6.45, 7) is 2.57. The third kappa shape index (κ3) is 2.57. The van der Waals surface area contributed by atoms with Crippen LogP contribution < -0.4 is 15.2 Å². The van der Waals surface area contributed by atoms with Crippen LogP contribution in [0.4, 0.5) is 8.78 Å². The van der Waals surface area contributed by atoms with Crippen molar-refractivity contribution in [2.24, 2.45) is 11.7 Å². The van der Waals surface area contributed by atoms with Gasteiger partial charge in [-0.2, -0.15) is 4.98 Å². The summed E-state index contributed by atoms with van der Waals surface area (Å²) in [5.74, 6) is -3.07. The molecule has 2 aromatic rings. The Morgan fingerprint density at radius 1 is 1.34 bits per heavy atom. The fourth-order valence-electron chi connectivity index (χ4n) is 5.15. The summed E-state index contributed by atoms with van der Waals surface area (Å²) in [6.07, 6.45) is 2.67. The summed E-state index contributed by atoms with van der Waals surface area (Å²) in [7, 11) is 0. The minimum Gasteiger partial charge on any atom is -0.490 e. The second-order valence-corrected chi connectivity index (χ2v) is 8.27. The lowest BCUT2D eigenvalue weighted by molar-refractivity contribution is 0.0764. The summed E-state index contributed by atoms with van der Waals surface area (Å²) < 4.78 is 42.2. The number of nitrogens with two attached hydrogens (primary N) is 1. The van der Waals surface area contributed by atoms with Crippen molar-refractivity contribution in [3.8, 4) is 11.8 Å². The van der Waals surface area contributed by atoms with Crippen LogP contribution in [0, 0.1) is 12.8 Å². The lowest BCUT2D eigenvalue weighted by atomic mass is 9.82. The molecule has 1 aromatic heterocycles. The molecule has 0 radical (unpaired) electrons. The number of aromatic nitrogens is 2. The molecule has 2 saturated carbocycles. The molecule has 8 heteroatoms. The SMILES string of the molecule is Cc1c(C(N)=O)nc2n1C[C@@H](COc1ccc(C34CCCCC3C4(F)F)cc1)O2. The Balaban J connectivity index is 1.22. The molecular formula is C21H23F2N3O3. The second kappa shape index (κ2) is 6.18. The third-order valence-corrected chi connectivity index (χ3v) is 6.74. The van der Waals surface area contributed by atoms with Crippen LogP contribution in [0.25, 0.3) is 0 Å². The van der Waals surface area contributed by atoms with E-state index in [1.807, 2.05) is 0 Å². The number of alkyl halides is 2. The van der Waals surface area contributed by atoms with Crippen molar-refractivity contribution in [3.63, 3.8) is 0 Å². The first-order valence-corrected chi connectivity index (χ1v) is 9.99. The molecule has 0 bridgehead atoms. The molecule has 1 amide bonds. The predicted molar refractivity (Wildman–Crippen MR) is 100 cm³/mol. The highest BCUT2D eigenvalue weighted by atomic mass is 19.3. The predicted octanol–water partition coefficient (Wildman–Crippen LogP) is 3.21. The first-order chi connectivity index (χ1) is 13.8. The number of nitrogens with zero attached hydrogens (tertiary/aromatic N) is 2. The van der Waals surface area contributed by atoms with E-state index < -0.39 is 23.2 Å². The van der Waals surface area contributed by atoms with Gasteiger partial charge in [-0.05, 0) is 37.5 Å². The molecule has 2 N–H and O–H groups in total. The largest absolute Gasteiger partial charge is 0.490 e. The van der Waals surface area contributed by atoms with Crippen LogP contribution in [0.1, 0.15) is 47.4 Å². The van der Waals surface area contributed by atoms with Gasteiger partial charge >= 0.3 is 0 Å². The first-order valence-electron chi connectivity index (χ1n) is 9.99. The first kappa shape index (κ1) is 18.4. The van der Waals surface area contributed by atoms with E-state index in [-0.39, 0.29) is 18.4 Å². The number of benzene rings is 1. The number of halogens is 2. The molecule has 29 heavy (non-hydrogen) atoms. The van der Waals surface area contributed by atoms with Crippen molar-refractivity contribution in [1.29, 1.82) is 0 Å². The molecule has 3 atom stereocenters. The molecular weight excluding hydrogens is 380 g/mol. The lowest BCUT2D eigenvalue weighted by Crippen LogP contribution is -2.25. The fraction of sp³-hybridized carbons (Fsp3) is 0.524. The molecule has 5 rings (SSSR count). The van der Waals surface area contributed by atoms with Gasteiger partial charge in [-0.3, -0.25) is 9.36 Å². The topological polar surface area (TPSA) is 79.4 Å². The van der Waals surface area contributed by atoms with Crippen molar-refractivity contribution in [3.05, 3.63) is 41.2 Å². The van der Waals surface area contributed by atoms with Gasteiger partial charge in [-0.1, -0.05) is 25.0 Å². The van der Waals surface area contributed by atoms with Gasteiger partial charge in [0.15, 0.2) is 11.8 Å². The molecule has 0 spiro atoms. The summed E-state index contributed by atoms with van der Waals surface area (Å²) in [6, 6.07) is 7.43. The Morgan fingerprint density at radius 3 is 2.76 bits per heavy atom. The summed E-state index contributed by atoms with van der Waals surface area (Å²) in [5, 5.41) is 0. The van der Waals surface area contributed by atoms with Gasteiger partial charge in [0, 0.05) is 5.92 Å². The zero-order valence-corrected chi connectivity index (χ0v) is 16.2. The molecule has 2 fully saturated rings. The maximum atomic E-state index is 14.4. The van der Waals surface area contributed by atoms with Crippen LogP contribution >= 0.6 is 0 Å². The highest BCUT2D eigenvalue weighted by Crippen LogP contribution is 2.72. The summed E-state index contributed by atoms with van der Waals surface area (Å²) >= 11 is 0. The Hall–Kier alpha value is -2.64. The Labute approximate surface area is 167 Å². The zero-order chi connectivity index (χ0) is 20.4. The number of fused-ring (bicyclic) bond motifs is 2. The smallest absolute Gasteiger partial charge is 0.297 e. The van der Waals surface area contributed by atoms with Gasteiger partial charge in [0.1, 0.15) is 12.4 Å². The third-order valence-electron chi connectivity index (χ3n) is 6.74. The average Bonchev–Trinajstić information content (AvgIpc) is 2.99. The van der Waals surface area contributed by atoms with E-state index in [0.717, 1.165) is 12.8 Å². The lowest BCUT2D eigenvalue weighted by Gasteiger charge is -2.21. The molecule has 154 valence electrons. The zero-order valence-electron chi connectivity index (χ0n) is 16.2. The number of hydrogen-bond acceptors (Lipinski definition) is 4. The molecule has 1 aromatic carbocycles. The van der Waals surface area contributed by atoms with Crippen molar-refractivity contribution < 1.29 is 23.0 Å². The number of carbonyl (C=O) groups is 1. The minimum atomic E-state index is -2.59. The number of rotatable bonds is 5. The van der Waals surface area contributed by atoms with Gasteiger partial charge in [0.25, 0.3) is 17.8 Å². The second-order valence-electron chi connectivity index (χ2n) is 8.27. The van der Waals surface area contributed by atoms with Crippen LogP contribution in [-0.4, -0.2) is 34.1 Å². The van der Waals surface area contributed by atoms with E-state index >= 15 is 0 Å². The number of carbonyl (C=O) groups excluding carboxylic acids is 1. The summed E-state index contributed by atoms with van der Waals surface area (Å²) in [4.78, 5) is 15.5. The summed E-state index contributed by atoms with van der Waals surface area (Å²) in [5.41, 5.74) is 5.93. The van der Waals surface area contributed by atoms with Gasteiger partial charge in [-0.25, -0.2) is 8.78 Å². The van der Waals surface area contributed by atoms with E-state index in [9.17, 15) is 13.6 Å². The molecule has 1 aliphatic heterocycles. The number of amides is 1. The van der Waals surface area contributed by atoms with Gasteiger partial charge < -0.3 is 15.2 Å². The molecule has 6 nitrogen and oxygen atoms in total. The van der Waals surface area contributed by atoms with Gasteiger partial charge in [0.05, 0.1) is 17.7 Å². The van der Waals surface area contributed by atoms with Crippen LogP contribution in [-0.2, 0) is 12.0 Å². The maximum Gasteiger partial charge on any atom is 0.297 e. The monoisotopic (exact) mass is 403 g/mol. The van der Waals surface area contributed by atoms with Gasteiger partial charge in [-0.15, -0.1) is 0 Å². The maximum absolute atomic E-state index is 14.4. The number of ether oxygens (including phenoxy) is 2. The van der Waals surface area contributed by atoms with Crippen LogP contribution in [0.2, 0.25) is 0 Å². The van der Waals surface area contributed by atoms with Crippen molar-refractivity contribution in [2.45, 2.75) is 56.6 Å².